The molecule has 4 atom stereocenters. The second-order valence-electron chi connectivity index (χ2n) is 12.9. The molecular weight excluding hydrogens is 630 g/mol. The van der Waals surface area contributed by atoms with Gasteiger partial charge in [0.1, 0.15) is 12.6 Å². The fourth-order valence-electron chi connectivity index (χ4n) is 6.92. The van der Waals surface area contributed by atoms with E-state index in [-0.39, 0.29) is 31.8 Å². The Hall–Kier alpha value is -4.17. The van der Waals surface area contributed by atoms with E-state index in [1.807, 2.05) is 60.7 Å². The summed E-state index contributed by atoms with van der Waals surface area (Å²) in [4.78, 5) is 42.4. The minimum Gasteiger partial charge on any atom is -0.445 e. The van der Waals surface area contributed by atoms with Gasteiger partial charge in [0.25, 0.3) is 5.91 Å². The summed E-state index contributed by atoms with van der Waals surface area (Å²) < 4.78 is 30.2. The van der Waals surface area contributed by atoms with E-state index in [2.05, 4.69) is 10.2 Å². The van der Waals surface area contributed by atoms with E-state index < -0.39 is 36.0 Å². The molecule has 0 saturated carbocycles. The molecule has 0 radical (unpaired) electrons. The monoisotopic (exact) mass is 671 g/mol. The quantitative estimate of drug-likeness (QED) is 0.320. The average molecular weight is 672 g/mol. The highest BCUT2D eigenvalue weighted by molar-refractivity contribution is 6.22. The lowest BCUT2D eigenvalue weighted by Crippen LogP contribution is -2.48. The zero-order valence-corrected chi connectivity index (χ0v) is 27.2. The summed E-state index contributed by atoms with van der Waals surface area (Å²) >= 11 is 0. The predicted octanol–water partition coefficient (Wildman–Crippen LogP) is 4.12. The molecule has 4 aliphatic heterocycles. The SMILES string of the molecule is O=C(NC1CC(=O)N(c2cccc([C@H]3O[C@@H](CN4CCC5(CC4)OCCO5)C[C@@H](c4ccc(CO)cc4)O3)c2)C1=O)OCc1ccccc1. The van der Waals surface area contributed by atoms with Gasteiger partial charge in [-0.3, -0.25) is 9.59 Å². The maximum atomic E-state index is 13.4. The number of aliphatic hydroxyl groups excluding tert-OH is 1. The summed E-state index contributed by atoms with van der Waals surface area (Å²) in [5, 5.41) is 12.1. The molecule has 4 saturated heterocycles. The van der Waals surface area contributed by atoms with Crippen LogP contribution in [0.2, 0.25) is 0 Å². The van der Waals surface area contributed by atoms with E-state index >= 15 is 0 Å². The number of hydrogen-bond donors (Lipinski definition) is 2. The first kappa shape index (κ1) is 33.3. The van der Waals surface area contributed by atoms with Gasteiger partial charge < -0.3 is 39.0 Å². The van der Waals surface area contributed by atoms with Crippen molar-refractivity contribution in [1.82, 2.24) is 10.2 Å². The number of benzene rings is 3. The molecule has 0 bridgehead atoms. The zero-order valence-electron chi connectivity index (χ0n) is 27.2. The van der Waals surface area contributed by atoms with Gasteiger partial charge in [0.05, 0.1) is 44.1 Å². The molecular formula is C37H41N3O9. The number of likely N-dealkylation sites (tertiary alicyclic amines) is 1. The number of nitrogens with zero attached hydrogens (tertiary/aromatic N) is 2. The van der Waals surface area contributed by atoms with E-state index in [0.29, 0.717) is 37.4 Å². The van der Waals surface area contributed by atoms with E-state index in [1.165, 1.54) is 0 Å². The van der Waals surface area contributed by atoms with Gasteiger partial charge in [0.2, 0.25) is 5.91 Å². The van der Waals surface area contributed by atoms with Crippen molar-refractivity contribution in [3.8, 4) is 0 Å². The fourth-order valence-corrected chi connectivity index (χ4v) is 6.92. The minimum atomic E-state index is -1.04. The van der Waals surface area contributed by atoms with Gasteiger partial charge in [0, 0.05) is 44.5 Å². The molecule has 4 heterocycles. The van der Waals surface area contributed by atoms with Gasteiger partial charge >= 0.3 is 6.09 Å². The second-order valence-corrected chi connectivity index (χ2v) is 12.9. The highest BCUT2D eigenvalue weighted by Gasteiger charge is 2.43. The molecule has 4 fully saturated rings. The lowest BCUT2D eigenvalue weighted by molar-refractivity contribution is -0.255. The van der Waals surface area contributed by atoms with Crippen molar-refractivity contribution in [1.29, 1.82) is 0 Å². The summed E-state index contributed by atoms with van der Waals surface area (Å²) in [6.45, 7) is 3.61. The standard InChI is InChI=1S/C37H41N3O9/c41-23-25-9-11-27(12-10-25)32-20-30(22-39-15-13-37(14-16-39)46-17-18-47-37)48-35(49-32)28-7-4-8-29(19-28)40-33(42)21-31(34(40)43)38-36(44)45-24-26-5-2-1-3-6-26/h1-12,19,30-32,35,41H,13-18,20-24H2,(H,38,44)/t30-,31?,32+,35+/m1/s1. The van der Waals surface area contributed by atoms with Crippen LogP contribution in [-0.2, 0) is 46.5 Å². The Bertz CT molecular complexity index is 1620. The molecule has 0 aliphatic carbocycles. The van der Waals surface area contributed by atoms with Crippen LogP contribution in [0.1, 0.15) is 60.3 Å². The number of imide groups is 1. The van der Waals surface area contributed by atoms with E-state index in [4.69, 9.17) is 23.7 Å². The van der Waals surface area contributed by atoms with Gasteiger partial charge in [0.15, 0.2) is 12.1 Å². The molecule has 4 aliphatic rings. The highest BCUT2D eigenvalue weighted by atomic mass is 16.7. The Balaban J connectivity index is 1.04. The smallest absolute Gasteiger partial charge is 0.408 e. The number of rotatable bonds is 9. The Morgan fingerprint density at radius 2 is 1.65 bits per heavy atom. The van der Waals surface area contributed by atoms with Gasteiger partial charge in [-0.1, -0.05) is 66.7 Å². The Morgan fingerprint density at radius 3 is 2.39 bits per heavy atom. The van der Waals surface area contributed by atoms with Crippen LogP contribution >= 0.6 is 0 Å². The summed E-state index contributed by atoms with van der Waals surface area (Å²) in [7, 11) is 0. The molecule has 258 valence electrons. The average Bonchev–Trinajstić information content (AvgIpc) is 3.71. The van der Waals surface area contributed by atoms with Crippen LogP contribution < -0.4 is 10.2 Å². The van der Waals surface area contributed by atoms with Gasteiger partial charge in [-0.05, 0) is 28.8 Å². The first-order chi connectivity index (χ1) is 23.9. The molecule has 3 aromatic carbocycles. The predicted molar refractivity (Wildman–Crippen MR) is 176 cm³/mol. The first-order valence-corrected chi connectivity index (χ1v) is 16.8. The zero-order chi connectivity index (χ0) is 33.8. The lowest BCUT2D eigenvalue weighted by atomic mass is 9.98. The van der Waals surface area contributed by atoms with Crippen LogP contribution in [0.4, 0.5) is 10.5 Å². The number of nitrogens with one attached hydrogen (secondary N) is 1. The maximum Gasteiger partial charge on any atom is 0.408 e. The van der Waals surface area contributed by atoms with Crippen molar-refractivity contribution in [3.05, 3.63) is 101 Å². The van der Waals surface area contributed by atoms with Crippen LogP contribution in [0.5, 0.6) is 0 Å². The number of anilines is 1. The first-order valence-electron chi connectivity index (χ1n) is 16.8. The van der Waals surface area contributed by atoms with Gasteiger partial charge in [-0.15, -0.1) is 0 Å². The Morgan fingerprint density at radius 1 is 0.898 bits per heavy atom. The summed E-state index contributed by atoms with van der Waals surface area (Å²) in [6.07, 6.45) is 0.0392. The number of amides is 3. The van der Waals surface area contributed by atoms with Crippen LogP contribution in [0.25, 0.3) is 0 Å². The van der Waals surface area contributed by atoms with Crippen molar-refractivity contribution >= 4 is 23.6 Å². The van der Waals surface area contributed by atoms with Crippen LogP contribution in [0.3, 0.4) is 0 Å². The van der Waals surface area contributed by atoms with Gasteiger partial charge in [-0.25, -0.2) is 9.69 Å². The summed E-state index contributed by atoms with van der Waals surface area (Å²) in [5.74, 6) is -1.44. The molecule has 3 aromatic rings. The molecule has 2 N–H and O–H groups in total. The number of carbonyl (C=O) groups is 3. The number of aliphatic hydroxyl groups is 1. The maximum absolute atomic E-state index is 13.4. The topological polar surface area (TPSA) is 136 Å². The molecule has 1 spiro atoms. The van der Waals surface area contributed by atoms with Crippen molar-refractivity contribution in [2.45, 2.75) is 69.2 Å². The summed E-state index contributed by atoms with van der Waals surface area (Å²) in [6, 6.07) is 22.9. The number of piperidine rings is 1. The van der Waals surface area contributed by atoms with Crippen molar-refractivity contribution in [3.63, 3.8) is 0 Å². The van der Waals surface area contributed by atoms with Crippen molar-refractivity contribution in [2.75, 3.05) is 37.7 Å². The second kappa shape index (κ2) is 14.8. The lowest BCUT2D eigenvalue weighted by Gasteiger charge is -2.42. The molecule has 3 amide bonds. The Kier molecular flexibility index (Phi) is 10.0. The van der Waals surface area contributed by atoms with E-state index in [0.717, 1.165) is 47.5 Å². The Labute approximate surface area is 284 Å². The summed E-state index contributed by atoms with van der Waals surface area (Å²) in [5.41, 5.74) is 3.61. The number of carbonyl (C=O) groups excluding carboxylic acids is 3. The van der Waals surface area contributed by atoms with Crippen LogP contribution in [0, 0.1) is 0 Å². The molecule has 0 aromatic heterocycles. The van der Waals surface area contributed by atoms with Crippen LogP contribution in [0.15, 0.2) is 78.9 Å². The van der Waals surface area contributed by atoms with E-state index in [1.54, 1.807) is 18.2 Å². The normalized spacial score (nSPS) is 25.5. The van der Waals surface area contributed by atoms with Crippen LogP contribution in [-0.4, -0.2) is 78.7 Å². The largest absolute Gasteiger partial charge is 0.445 e. The van der Waals surface area contributed by atoms with Gasteiger partial charge in [-0.2, -0.15) is 0 Å². The third kappa shape index (κ3) is 7.70. The molecule has 12 heteroatoms. The molecule has 49 heavy (non-hydrogen) atoms. The number of ether oxygens (including phenoxy) is 5. The number of hydrogen-bond acceptors (Lipinski definition) is 10. The molecule has 1 unspecified atom stereocenters. The number of alkyl carbamates (subject to hydrolysis) is 1. The van der Waals surface area contributed by atoms with Crippen molar-refractivity contribution in [2.24, 2.45) is 0 Å². The van der Waals surface area contributed by atoms with E-state index in [9.17, 15) is 19.5 Å². The van der Waals surface area contributed by atoms with Crippen molar-refractivity contribution < 1.29 is 43.2 Å². The fraction of sp³-hybridized carbons (Fsp3) is 0.432. The third-order valence-corrected chi connectivity index (χ3v) is 9.56. The third-order valence-electron chi connectivity index (χ3n) is 9.56. The molecule has 12 nitrogen and oxygen atoms in total. The highest BCUT2D eigenvalue weighted by Crippen LogP contribution is 2.40. The minimum absolute atomic E-state index is 0.0453. The molecule has 7 rings (SSSR count).